The van der Waals surface area contributed by atoms with E-state index in [2.05, 4.69) is 5.32 Å². The molecular formula is C14H21N3O4S. The van der Waals surface area contributed by atoms with E-state index in [-0.39, 0.29) is 23.6 Å². The third-order valence-corrected chi connectivity index (χ3v) is 5.23. The van der Waals surface area contributed by atoms with Gasteiger partial charge in [-0.25, -0.2) is 4.79 Å². The van der Waals surface area contributed by atoms with Gasteiger partial charge in [-0.2, -0.15) is 0 Å². The molecule has 0 aromatic heterocycles. The molecule has 8 heteroatoms. The Bertz CT molecular complexity index is 520. The Labute approximate surface area is 133 Å². The number of carboxylic acid groups (broad SMARTS) is 1. The molecule has 0 bridgehead atoms. The number of hydrogen-bond acceptors (Lipinski definition) is 5. The normalized spacial score (nSPS) is 28.2. The molecule has 2 aliphatic rings. The van der Waals surface area contributed by atoms with Gasteiger partial charge < -0.3 is 20.4 Å². The van der Waals surface area contributed by atoms with E-state index < -0.39 is 18.0 Å². The third-order valence-electron chi connectivity index (χ3n) is 4.29. The second kappa shape index (κ2) is 6.70. The van der Waals surface area contributed by atoms with Crippen molar-refractivity contribution in [1.82, 2.24) is 10.2 Å². The van der Waals surface area contributed by atoms with E-state index in [1.165, 1.54) is 16.7 Å². The third kappa shape index (κ3) is 2.61. The molecule has 1 amide bonds. The summed E-state index contributed by atoms with van der Waals surface area (Å²) in [7, 11) is 0. The Hall–Kier alpha value is -1.54. The molecule has 0 aromatic carbocycles. The molecule has 2 heterocycles. The van der Waals surface area contributed by atoms with Gasteiger partial charge >= 0.3 is 5.97 Å². The summed E-state index contributed by atoms with van der Waals surface area (Å²) >= 11 is 1.36. The summed E-state index contributed by atoms with van der Waals surface area (Å²) in [6.07, 6.45) is 3.63. The highest BCUT2D eigenvalue weighted by atomic mass is 32.2. The van der Waals surface area contributed by atoms with Gasteiger partial charge in [-0.15, -0.1) is 11.8 Å². The number of hydrogen-bond donors (Lipinski definition) is 4. The summed E-state index contributed by atoms with van der Waals surface area (Å²) in [6, 6.07) is -0.263. The molecule has 122 valence electrons. The van der Waals surface area contributed by atoms with Crippen molar-refractivity contribution in [2.75, 3.05) is 12.8 Å². The van der Waals surface area contributed by atoms with Crippen molar-refractivity contribution in [2.24, 2.45) is 11.8 Å². The van der Waals surface area contributed by atoms with Crippen LogP contribution in [0.2, 0.25) is 0 Å². The van der Waals surface area contributed by atoms with Gasteiger partial charge in [0.05, 0.1) is 24.4 Å². The van der Waals surface area contributed by atoms with E-state index in [1.54, 1.807) is 6.92 Å². The molecule has 2 rings (SSSR count). The number of thioether (sulfide) groups is 1. The standard InChI is InChI=1S/C14H21N3O4S/c1-7(18)9-10-8(4-3-5-16-6-15)12(22-2)11(14(20)21)17(10)13(9)19/h6-10,18H,3-5H2,1-2H3,(H2,15,16)(H,20,21)/t7-,8-,9-,10-/m1/s1. The van der Waals surface area contributed by atoms with E-state index in [9.17, 15) is 19.8 Å². The van der Waals surface area contributed by atoms with Crippen LogP contribution < -0.4 is 5.32 Å². The van der Waals surface area contributed by atoms with E-state index in [0.717, 1.165) is 12.8 Å². The number of nitrogens with one attached hydrogen (secondary N) is 2. The zero-order valence-corrected chi connectivity index (χ0v) is 13.4. The van der Waals surface area contributed by atoms with Crippen molar-refractivity contribution in [2.45, 2.75) is 31.9 Å². The molecular weight excluding hydrogens is 306 g/mol. The molecule has 0 spiro atoms. The molecule has 0 saturated carbocycles. The highest BCUT2D eigenvalue weighted by Crippen LogP contribution is 2.51. The predicted octanol–water partition coefficient (Wildman–Crippen LogP) is 0.460. The highest BCUT2D eigenvalue weighted by Gasteiger charge is 2.60. The molecule has 0 aliphatic carbocycles. The Kier molecular flexibility index (Phi) is 5.12. The van der Waals surface area contributed by atoms with Crippen LogP contribution in [0.4, 0.5) is 0 Å². The average Bonchev–Trinajstić information content (AvgIpc) is 2.73. The quantitative estimate of drug-likeness (QED) is 0.223. The Morgan fingerprint density at radius 1 is 1.59 bits per heavy atom. The Morgan fingerprint density at radius 3 is 2.77 bits per heavy atom. The zero-order chi connectivity index (χ0) is 16.4. The summed E-state index contributed by atoms with van der Waals surface area (Å²) in [6.45, 7) is 2.20. The van der Waals surface area contributed by atoms with E-state index >= 15 is 0 Å². The topological polar surface area (TPSA) is 114 Å². The number of carbonyl (C=O) groups is 2. The molecule has 1 saturated heterocycles. The number of carbonyl (C=O) groups excluding carboxylic acids is 1. The first-order valence-electron chi connectivity index (χ1n) is 7.20. The summed E-state index contributed by atoms with van der Waals surface area (Å²) in [5, 5.41) is 29.0. The van der Waals surface area contributed by atoms with Gasteiger partial charge in [0.15, 0.2) is 0 Å². The van der Waals surface area contributed by atoms with E-state index in [4.69, 9.17) is 5.41 Å². The number of β-lactam (4-membered cyclic amide) rings is 1. The molecule has 0 unspecified atom stereocenters. The largest absolute Gasteiger partial charge is 0.477 e. The second-order valence-electron chi connectivity index (χ2n) is 5.53. The number of carboxylic acids is 1. The van der Waals surface area contributed by atoms with Crippen molar-refractivity contribution >= 4 is 30.0 Å². The van der Waals surface area contributed by atoms with Crippen LogP contribution in [0.25, 0.3) is 0 Å². The van der Waals surface area contributed by atoms with Crippen LogP contribution in [-0.2, 0) is 9.59 Å². The number of aliphatic hydroxyl groups excluding tert-OH is 1. The molecule has 0 radical (unpaired) electrons. The van der Waals surface area contributed by atoms with Crippen molar-refractivity contribution in [3.63, 3.8) is 0 Å². The van der Waals surface area contributed by atoms with Crippen LogP contribution in [0.3, 0.4) is 0 Å². The highest BCUT2D eigenvalue weighted by molar-refractivity contribution is 8.02. The van der Waals surface area contributed by atoms with Gasteiger partial charge in [-0.3, -0.25) is 10.2 Å². The van der Waals surface area contributed by atoms with Gasteiger partial charge in [0.25, 0.3) is 0 Å². The number of nitrogens with zero attached hydrogens (tertiary/aromatic N) is 1. The second-order valence-corrected chi connectivity index (χ2v) is 6.38. The molecule has 4 atom stereocenters. The lowest BCUT2D eigenvalue weighted by atomic mass is 9.77. The van der Waals surface area contributed by atoms with Crippen molar-refractivity contribution in [1.29, 1.82) is 5.41 Å². The number of aliphatic carboxylic acids is 1. The first kappa shape index (κ1) is 16.8. The van der Waals surface area contributed by atoms with Gasteiger partial charge in [0.2, 0.25) is 5.91 Å². The average molecular weight is 327 g/mol. The molecule has 1 fully saturated rings. The predicted molar refractivity (Wildman–Crippen MR) is 83.5 cm³/mol. The fourth-order valence-electron chi connectivity index (χ4n) is 3.42. The molecule has 0 aromatic rings. The van der Waals surface area contributed by atoms with Crippen molar-refractivity contribution in [3.05, 3.63) is 10.6 Å². The monoisotopic (exact) mass is 327 g/mol. The van der Waals surface area contributed by atoms with E-state index in [1.807, 2.05) is 6.26 Å². The fourth-order valence-corrected chi connectivity index (χ4v) is 4.36. The SMILES string of the molecule is CSC1=C(C(=O)O)N2C(=O)[C@H]([C@@H](C)O)[C@H]2[C@H]1CCCNC=N. The first-order valence-corrected chi connectivity index (χ1v) is 8.43. The molecule has 22 heavy (non-hydrogen) atoms. The molecule has 7 nitrogen and oxygen atoms in total. The van der Waals surface area contributed by atoms with Crippen molar-refractivity contribution in [3.8, 4) is 0 Å². The lowest BCUT2D eigenvalue weighted by Crippen LogP contribution is -2.63. The summed E-state index contributed by atoms with van der Waals surface area (Å²) in [5.41, 5.74) is 0.0735. The van der Waals surface area contributed by atoms with Gasteiger partial charge in [-0.1, -0.05) is 0 Å². The van der Waals surface area contributed by atoms with Crippen LogP contribution in [0.15, 0.2) is 10.6 Å². The summed E-state index contributed by atoms with van der Waals surface area (Å²) < 4.78 is 0. The summed E-state index contributed by atoms with van der Waals surface area (Å²) in [5.74, 6) is -1.98. The summed E-state index contributed by atoms with van der Waals surface area (Å²) in [4.78, 5) is 25.8. The number of rotatable bonds is 8. The van der Waals surface area contributed by atoms with Crippen LogP contribution >= 0.6 is 11.8 Å². The number of amides is 1. The zero-order valence-electron chi connectivity index (χ0n) is 12.6. The Balaban J connectivity index is 2.25. The Morgan fingerprint density at radius 2 is 2.27 bits per heavy atom. The van der Waals surface area contributed by atoms with Crippen LogP contribution in [-0.4, -0.2) is 58.3 Å². The fraction of sp³-hybridized carbons (Fsp3) is 0.643. The van der Waals surface area contributed by atoms with Crippen LogP contribution in [0, 0.1) is 17.2 Å². The minimum Gasteiger partial charge on any atom is -0.477 e. The minimum atomic E-state index is -1.09. The van der Waals surface area contributed by atoms with Crippen LogP contribution in [0.5, 0.6) is 0 Å². The first-order chi connectivity index (χ1) is 10.5. The van der Waals surface area contributed by atoms with Crippen molar-refractivity contribution < 1.29 is 19.8 Å². The smallest absolute Gasteiger partial charge is 0.353 e. The van der Waals surface area contributed by atoms with Gasteiger partial charge in [0, 0.05) is 17.4 Å². The van der Waals surface area contributed by atoms with Gasteiger partial charge in [0.1, 0.15) is 5.70 Å². The minimum absolute atomic E-state index is 0.0640. The number of fused-ring (bicyclic) bond motifs is 1. The van der Waals surface area contributed by atoms with E-state index in [0.29, 0.717) is 17.9 Å². The van der Waals surface area contributed by atoms with Crippen LogP contribution in [0.1, 0.15) is 19.8 Å². The maximum Gasteiger partial charge on any atom is 0.353 e. The molecule has 4 N–H and O–H groups in total. The maximum absolute atomic E-state index is 12.2. The lowest BCUT2D eigenvalue weighted by molar-refractivity contribution is -0.163. The van der Waals surface area contributed by atoms with Gasteiger partial charge in [-0.05, 0) is 26.0 Å². The number of aliphatic hydroxyl groups is 1. The lowest BCUT2D eigenvalue weighted by Gasteiger charge is -2.47. The maximum atomic E-state index is 12.2. The molecule has 2 aliphatic heterocycles.